The Morgan fingerprint density at radius 1 is 1.07 bits per heavy atom. The number of halogens is 6. The van der Waals surface area contributed by atoms with E-state index in [2.05, 4.69) is 0 Å². The van der Waals surface area contributed by atoms with Gasteiger partial charge in [-0.05, 0) is 35.8 Å². The van der Waals surface area contributed by atoms with Crippen LogP contribution in [0.3, 0.4) is 0 Å². The van der Waals surface area contributed by atoms with Gasteiger partial charge in [-0.2, -0.15) is 13.2 Å². The van der Waals surface area contributed by atoms with Crippen LogP contribution in [0.25, 0.3) is 5.57 Å². The van der Waals surface area contributed by atoms with E-state index in [-0.39, 0.29) is 26.7 Å². The molecule has 1 aliphatic rings. The second-order valence-corrected chi connectivity index (χ2v) is 7.62. The van der Waals surface area contributed by atoms with Crippen molar-refractivity contribution in [1.82, 2.24) is 0 Å². The molecule has 27 heavy (non-hydrogen) atoms. The number of hydrogen-bond donors (Lipinski definition) is 1. The fourth-order valence-electron chi connectivity index (χ4n) is 2.98. The molecule has 2 aromatic rings. The van der Waals surface area contributed by atoms with E-state index < -0.39 is 18.2 Å². The lowest BCUT2D eigenvalue weighted by atomic mass is 9.86. The Bertz CT molecular complexity index is 871. The van der Waals surface area contributed by atoms with E-state index in [9.17, 15) is 13.2 Å². The van der Waals surface area contributed by atoms with Crippen molar-refractivity contribution >= 4 is 40.4 Å². The minimum absolute atomic E-state index is 0.00270. The summed E-state index contributed by atoms with van der Waals surface area (Å²) in [5.41, 5.74) is 4.94. The second kappa shape index (κ2) is 7.21. The normalized spacial score (nSPS) is 21.0. The zero-order chi connectivity index (χ0) is 20.0. The van der Waals surface area contributed by atoms with Crippen molar-refractivity contribution < 1.29 is 17.9 Å². The molecule has 0 spiro atoms. The average molecular weight is 437 g/mol. The Morgan fingerprint density at radius 3 is 2.11 bits per heavy atom. The third-order valence-electron chi connectivity index (χ3n) is 4.56. The first kappa shape index (κ1) is 20.3. The number of rotatable bonds is 3. The Hall–Kier alpha value is -1.40. The van der Waals surface area contributed by atoms with Crippen molar-refractivity contribution in [3.05, 3.63) is 74.4 Å². The molecule has 0 fully saturated rings. The number of ether oxygens (including phenoxy) is 1. The van der Waals surface area contributed by atoms with Crippen LogP contribution in [0.1, 0.15) is 36.1 Å². The maximum Gasteiger partial charge on any atom is 0.432 e. The molecule has 0 aromatic heterocycles. The fraction of sp³-hybridized carbons (Fsp3) is 0.263. The van der Waals surface area contributed by atoms with Gasteiger partial charge in [0.1, 0.15) is 0 Å². The molecule has 0 amide bonds. The van der Waals surface area contributed by atoms with Crippen LogP contribution in [-0.4, -0.2) is 6.18 Å². The first-order valence-electron chi connectivity index (χ1n) is 7.99. The minimum atomic E-state index is -4.70. The lowest BCUT2D eigenvalue weighted by Crippen LogP contribution is -2.42. The molecule has 2 atom stereocenters. The first-order chi connectivity index (χ1) is 12.5. The van der Waals surface area contributed by atoms with Crippen molar-refractivity contribution in [3.8, 4) is 0 Å². The number of alkyl halides is 3. The third-order valence-corrected chi connectivity index (χ3v) is 5.75. The van der Waals surface area contributed by atoms with Gasteiger partial charge in [0, 0.05) is 18.0 Å². The van der Waals surface area contributed by atoms with Gasteiger partial charge in [0.15, 0.2) is 0 Å². The summed E-state index contributed by atoms with van der Waals surface area (Å²) in [4.78, 5) is 0. The molecule has 2 aromatic carbocycles. The highest BCUT2D eigenvalue weighted by Gasteiger charge is 2.60. The molecule has 8 heteroatoms. The molecule has 2 N–H and O–H groups in total. The standard InChI is InChI=1S/C19H15Cl3F3NO/c1-10(26)11-2-4-12(5-3-11)13-8-18(27-9-13,19(23,24)25)14-6-15(20)17(22)16(21)7-14/h2-7,9-10H,8,26H2,1H3. The minimum Gasteiger partial charge on any atom is -0.480 e. The Morgan fingerprint density at radius 2 is 1.63 bits per heavy atom. The summed E-state index contributed by atoms with van der Waals surface area (Å²) in [6.45, 7) is 1.83. The molecule has 3 rings (SSSR count). The van der Waals surface area contributed by atoms with Crippen LogP contribution in [-0.2, 0) is 10.3 Å². The van der Waals surface area contributed by atoms with E-state index in [1.54, 1.807) is 24.3 Å². The van der Waals surface area contributed by atoms with Gasteiger partial charge in [-0.1, -0.05) is 59.1 Å². The van der Waals surface area contributed by atoms with Crippen molar-refractivity contribution in [3.63, 3.8) is 0 Å². The van der Waals surface area contributed by atoms with E-state index in [1.807, 2.05) is 6.92 Å². The number of hydrogen-bond acceptors (Lipinski definition) is 2. The smallest absolute Gasteiger partial charge is 0.432 e. The molecule has 2 unspecified atom stereocenters. The van der Waals surface area contributed by atoms with E-state index in [4.69, 9.17) is 45.3 Å². The van der Waals surface area contributed by atoms with Gasteiger partial charge >= 0.3 is 6.18 Å². The molecule has 0 aliphatic carbocycles. The Balaban J connectivity index is 2.00. The largest absolute Gasteiger partial charge is 0.480 e. The molecule has 0 saturated carbocycles. The number of benzene rings is 2. The molecule has 2 nitrogen and oxygen atoms in total. The molecular formula is C19H15Cl3F3NO. The number of nitrogens with two attached hydrogens (primary N) is 1. The maximum atomic E-state index is 14.0. The van der Waals surface area contributed by atoms with Crippen molar-refractivity contribution in [2.24, 2.45) is 5.73 Å². The van der Waals surface area contributed by atoms with Crippen molar-refractivity contribution in [2.75, 3.05) is 0 Å². The molecule has 1 aliphatic heterocycles. The predicted octanol–water partition coefficient (Wildman–Crippen LogP) is 6.89. The van der Waals surface area contributed by atoms with E-state index in [1.165, 1.54) is 0 Å². The summed E-state index contributed by atoms with van der Waals surface area (Å²) in [6.07, 6.45) is -3.98. The van der Waals surface area contributed by atoms with E-state index >= 15 is 0 Å². The van der Waals surface area contributed by atoms with Gasteiger partial charge in [-0.15, -0.1) is 0 Å². The monoisotopic (exact) mass is 435 g/mol. The molecule has 1 heterocycles. The first-order valence-corrected chi connectivity index (χ1v) is 9.13. The summed E-state index contributed by atoms with van der Waals surface area (Å²) in [5, 5.41) is -0.140. The van der Waals surface area contributed by atoms with Gasteiger partial charge in [0.2, 0.25) is 5.60 Å². The fourth-order valence-corrected chi connectivity index (χ4v) is 3.58. The maximum absolute atomic E-state index is 14.0. The van der Waals surface area contributed by atoms with Gasteiger partial charge < -0.3 is 10.5 Å². The van der Waals surface area contributed by atoms with Gasteiger partial charge in [-0.25, -0.2) is 0 Å². The van der Waals surface area contributed by atoms with Crippen LogP contribution in [0.4, 0.5) is 13.2 Å². The summed E-state index contributed by atoms with van der Waals surface area (Å²) in [7, 11) is 0. The zero-order valence-electron chi connectivity index (χ0n) is 14.1. The quantitative estimate of drug-likeness (QED) is 0.532. The van der Waals surface area contributed by atoms with E-state index in [0.29, 0.717) is 11.1 Å². The van der Waals surface area contributed by atoms with Crippen molar-refractivity contribution in [1.29, 1.82) is 0 Å². The summed E-state index contributed by atoms with van der Waals surface area (Å²) in [6, 6.07) is 9.12. The highest BCUT2D eigenvalue weighted by molar-refractivity contribution is 6.48. The Labute approximate surface area is 169 Å². The molecule has 144 valence electrons. The third kappa shape index (κ3) is 3.66. The highest BCUT2D eigenvalue weighted by Crippen LogP contribution is 2.53. The predicted molar refractivity (Wildman–Crippen MR) is 102 cm³/mol. The van der Waals surface area contributed by atoms with Gasteiger partial charge in [-0.3, -0.25) is 0 Å². The lowest BCUT2D eigenvalue weighted by molar-refractivity contribution is -0.260. The molecule has 0 saturated heterocycles. The molecule has 0 radical (unpaired) electrons. The van der Waals surface area contributed by atoms with Crippen LogP contribution in [0.5, 0.6) is 0 Å². The van der Waals surface area contributed by atoms with Crippen molar-refractivity contribution in [2.45, 2.75) is 31.2 Å². The van der Waals surface area contributed by atoms with E-state index in [0.717, 1.165) is 24.0 Å². The summed E-state index contributed by atoms with van der Waals surface area (Å²) >= 11 is 17.8. The average Bonchev–Trinajstić information content (AvgIpc) is 3.06. The topological polar surface area (TPSA) is 35.2 Å². The Kier molecular flexibility index (Phi) is 5.43. The zero-order valence-corrected chi connectivity index (χ0v) is 16.3. The van der Waals surface area contributed by atoms with Crippen LogP contribution < -0.4 is 5.73 Å². The highest BCUT2D eigenvalue weighted by atomic mass is 35.5. The molecule has 0 bridgehead atoms. The lowest BCUT2D eigenvalue weighted by Gasteiger charge is -2.32. The van der Waals surface area contributed by atoms with Gasteiger partial charge in [0.05, 0.1) is 21.3 Å². The summed E-state index contributed by atoms with van der Waals surface area (Å²) in [5.74, 6) is 0. The van der Waals surface area contributed by atoms with Crippen LogP contribution >= 0.6 is 34.8 Å². The SMILES string of the molecule is CC(N)c1ccc(C2=COC(c3cc(Cl)c(Cl)c(Cl)c3)(C(F)(F)F)C2)cc1. The van der Waals surface area contributed by atoms with Crippen LogP contribution in [0.2, 0.25) is 15.1 Å². The molecular weight excluding hydrogens is 422 g/mol. The summed E-state index contributed by atoms with van der Waals surface area (Å²) < 4.78 is 47.3. The van der Waals surface area contributed by atoms with Gasteiger partial charge in [0.25, 0.3) is 0 Å². The van der Waals surface area contributed by atoms with Crippen LogP contribution in [0.15, 0.2) is 42.7 Å². The second-order valence-electron chi connectivity index (χ2n) is 6.43. The van der Waals surface area contributed by atoms with Crippen LogP contribution in [0, 0.1) is 0 Å².